The van der Waals surface area contributed by atoms with Gasteiger partial charge in [0, 0.05) is 24.2 Å². The lowest BCUT2D eigenvalue weighted by molar-refractivity contribution is -0.172. The van der Waals surface area contributed by atoms with E-state index < -0.39 is 8.60 Å². The Kier molecular flexibility index (Phi) is 10.2. The molecule has 0 rings (SSSR count). The van der Waals surface area contributed by atoms with E-state index in [1.807, 2.05) is 17.1 Å². The summed E-state index contributed by atoms with van der Waals surface area (Å²) in [7, 11) is -1.42. The fraction of sp³-hybridized carbons (Fsp3) is 1.00. The van der Waals surface area contributed by atoms with Gasteiger partial charge in [-0.1, -0.05) is 0 Å². The molecule has 0 aromatic rings. The minimum absolute atomic E-state index is 0.274. The third-order valence-corrected chi connectivity index (χ3v) is 3.71. The Bertz CT molecular complexity index is 213. The molecule has 0 saturated carbocycles. The zero-order valence-corrected chi connectivity index (χ0v) is 15.5. The summed E-state index contributed by atoms with van der Waals surface area (Å²) in [6, 6.07) is 1.09. The lowest BCUT2D eigenvalue weighted by atomic mass is 10.3. The molecule has 0 atom stereocenters. The molecule has 122 valence electrons. The van der Waals surface area contributed by atoms with Crippen LogP contribution in [0.15, 0.2) is 0 Å². The molecule has 0 bridgehead atoms. The van der Waals surface area contributed by atoms with Gasteiger partial charge in [0.2, 0.25) is 0 Å². The molecule has 0 aromatic carbocycles. The molecule has 6 heteroatoms. The van der Waals surface area contributed by atoms with Crippen LogP contribution in [-0.2, 0) is 13.8 Å². The number of hydrogen-bond donors (Lipinski definition) is 0. The quantitative estimate of drug-likeness (QED) is 0.443. The maximum atomic E-state index is 5.96. The second-order valence-electron chi connectivity index (χ2n) is 5.90. The molecule has 0 saturated heterocycles. The maximum Gasteiger partial charge on any atom is 0.369 e. The van der Waals surface area contributed by atoms with E-state index in [0.29, 0.717) is 6.61 Å². The molecule has 5 nitrogen and oxygen atoms in total. The van der Waals surface area contributed by atoms with Crippen molar-refractivity contribution in [1.29, 1.82) is 0 Å². The van der Waals surface area contributed by atoms with Crippen LogP contribution in [0.2, 0.25) is 0 Å². The lowest BCUT2D eigenvalue weighted by Gasteiger charge is -2.35. The first kappa shape index (κ1) is 20.2. The molecule has 0 aliphatic heterocycles. The molecule has 0 aromatic heterocycles. The summed E-state index contributed by atoms with van der Waals surface area (Å²) in [5.74, 6) is 0. The third-order valence-electron chi connectivity index (χ3n) is 2.59. The van der Waals surface area contributed by atoms with Gasteiger partial charge >= 0.3 is 8.60 Å². The summed E-state index contributed by atoms with van der Waals surface area (Å²) in [5.41, 5.74) is 0. The van der Waals surface area contributed by atoms with Gasteiger partial charge in [0.15, 0.2) is 0 Å². The number of nitrogens with zero attached hydrogens (tertiary/aromatic N) is 2. The van der Waals surface area contributed by atoms with Crippen molar-refractivity contribution in [1.82, 2.24) is 10.1 Å². The monoisotopic (exact) mass is 308 g/mol. The SMILES string of the molecule is CCOP(ON(C(C)C)C(C)C)ON(C(C)C)C(C)C. The van der Waals surface area contributed by atoms with Crippen LogP contribution in [0.1, 0.15) is 62.3 Å². The smallest absolute Gasteiger partial charge is 0.311 e. The molecular formula is C14H33N2O3P. The highest BCUT2D eigenvalue weighted by Crippen LogP contribution is 2.43. The molecular weight excluding hydrogens is 275 g/mol. The molecule has 0 aliphatic rings. The van der Waals surface area contributed by atoms with Gasteiger partial charge in [-0.25, -0.2) is 9.25 Å². The predicted octanol–water partition coefficient (Wildman–Crippen LogP) is 4.35. The van der Waals surface area contributed by atoms with Crippen LogP contribution in [0.4, 0.5) is 0 Å². The van der Waals surface area contributed by atoms with Crippen molar-refractivity contribution in [2.45, 2.75) is 86.5 Å². The molecule has 0 amide bonds. The van der Waals surface area contributed by atoms with Gasteiger partial charge in [-0.15, -0.1) is 0 Å². The van der Waals surface area contributed by atoms with Crippen LogP contribution in [0.3, 0.4) is 0 Å². The van der Waals surface area contributed by atoms with Gasteiger partial charge in [0.25, 0.3) is 0 Å². The van der Waals surface area contributed by atoms with Crippen molar-refractivity contribution < 1.29 is 13.8 Å². The standard InChI is InChI=1S/C14H33N2O3P/c1-10-17-20(18-15(11(2)3)12(4)5)19-16(13(6)7)14(8)9/h11-14H,10H2,1-9H3. The Morgan fingerprint density at radius 1 is 0.700 bits per heavy atom. The Morgan fingerprint density at radius 2 is 1.00 bits per heavy atom. The van der Waals surface area contributed by atoms with Crippen molar-refractivity contribution in [3.05, 3.63) is 0 Å². The Hall–Kier alpha value is 0.230. The summed E-state index contributed by atoms with van der Waals surface area (Å²) in [6.07, 6.45) is 0. The zero-order valence-electron chi connectivity index (χ0n) is 14.6. The fourth-order valence-electron chi connectivity index (χ4n) is 1.89. The minimum Gasteiger partial charge on any atom is -0.311 e. The largest absolute Gasteiger partial charge is 0.369 e. The average molecular weight is 308 g/mol. The first-order valence-corrected chi connectivity index (χ1v) is 8.66. The van der Waals surface area contributed by atoms with E-state index in [2.05, 4.69) is 55.4 Å². The summed E-state index contributed by atoms with van der Waals surface area (Å²) in [5, 5.41) is 3.86. The van der Waals surface area contributed by atoms with Gasteiger partial charge in [-0.05, 0) is 62.3 Å². The van der Waals surface area contributed by atoms with Gasteiger partial charge in [-0.3, -0.25) is 0 Å². The normalized spacial score (nSPS) is 13.2. The maximum absolute atomic E-state index is 5.96. The molecule has 20 heavy (non-hydrogen) atoms. The molecule has 0 radical (unpaired) electrons. The molecule has 0 aliphatic carbocycles. The number of hydroxylamine groups is 4. The van der Waals surface area contributed by atoms with Crippen molar-refractivity contribution in [2.24, 2.45) is 0 Å². The summed E-state index contributed by atoms with van der Waals surface area (Å²) in [6.45, 7) is 19.3. The topological polar surface area (TPSA) is 34.2 Å². The zero-order chi connectivity index (χ0) is 15.9. The molecule has 0 unspecified atom stereocenters. The molecule has 0 heterocycles. The summed E-state index contributed by atoms with van der Waals surface area (Å²) in [4.78, 5) is 0. The van der Waals surface area contributed by atoms with Crippen molar-refractivity contribution in [2.75, 3.05) is 6.61 Å². The second kappa shape index (κ2) is 10.0. The van der Waals surface area contributed by atoms with Gasteiger partial charge in [-0.2, -0.15) is 10.1 Å². The highest BCUT2D eigenvalue weighted by Gasteiger charge is 2.27. The Balaban J connectivity index is 4.77. The summed E-state index contributed by atoms with van der Waals surface area (Å²) >= 11 is 0. The van der Waals surface area contributed by atoms with Crippen LogP contribution in [0.25, 0.3) is 0 Å². The van der Waals surface area contributed by atoms with E-state index in [1.54, 1.807) is 0 Å². The number of hydrogen-bond acceptors (Lipinski definition) is 5. The highest BCUT2D eigenvalue weighted by atomic mass is 31.2. The predicted molar refractivity (Wildman–Crippen MR) is 84.9 cm³/mol. The highest BCUT2D eigenvalue weighted by molar-refractivity contribution is 7.41. The third kappa shape index (κ3) is 7.30. The van der Waals surface area contributed by atoms with Crippen molar-refractivity contribution in [3.8, 4) is 0 Å². The number of rotatable bonds is 10. The van der Waals surface area contributed by atoms with Crippen LogP contribution >= 0.6 is 8.60 Å². The van der Waals surface area contributed by atoms with Crippen molar-refractivity contribution in [3.63, 3.8) is 0 Å². The second-order valence-corrected chi connectivity index (χ2v) is 6.93. The Labute approximate surface area is 126 Å². The summed E-state index contributed by atoms with van der Waals surface area (Å²) < 4.78 is 17.6. The first-order chi connectivity index (χ1) is 9.20. The first-order valence-electron chi connectivity index (χ1n) is 7.56. The van der Waals surface area contributed by atoms with Crippen LogP contribution in [0.5, 0.6) is 0 Å². The van der Waals surface area contributed by atoms with E-state index >= 15 is 0 Å². The van der Waals surface area contributed by atoms with Gasteiger partial charge in [0.05, 0.1) is 6.61 Å². The average Bonchev–Trinajstić information content (AvgIpc) is 2.30. The van der Waals surface area contributed by atoms with Gasteiger partial charge < -0.3 is 4.52 Å². The van der Waals surface area contributed by atoms with Crippen LogP contribution < -0.4 is 0 Å². The van der Waals surface area contributed by atoms with Crippen molar-refractivity contribution >= 4 is 8.60 Å². The molecule has 0 spiro atoms. The fourth-order valence-corrected chi connectivity index (χ4v) is 3.29. The minimum atomic E-state index is -1.42. The van der Waals surface area contributed by atoms with E-state index in [1.165, 1.54) is 0 Å². The van der Waals surface area contributed by atoms with E-state index in [-0.39, 0.29) is 24.2 Å². The van der Waals surface area contributed by atoms with E-state index in [9.17, 15) is 0 Å². The van der Waals surface area contributed by atoms with Crippen LogP contribution in [-0.4, -0.2) is 40.9 Å². The van der Waals surface area contributed by atoms with E-state index in [0.717, 1.165) is 0 Å². The van der Waals surface area contributed by atoms with Crippen LogP contribution in [0, 0.1) is 0 Å². The molecule has 0 fully saturated rings. The van der Waals surface area contributed by atoms with E-state index in [4.69, 9.17) is 13.8 Å². The Morgan fingerprint density at radius 3 is 1.20 bits per heavy atom. The van der Waals surface area contributed by atoms with Gasteiger partial charge in [0.1, 0.15) is 0 Å². The molecule has 0 N–H and O–H groups in total. The lowest BCUT2D eigenvalue weighted by Crippen LogP contribution is -2.39.